The van der Waals surface area contributed by atoms with Crippen LogP contribution in [0.1, 0.15) is 6.42 Å². The number of ether oxygens (including phenoxy) is 1. The van der Waals surface area contributed by atoms with Gasteiger partial charge in [-0.2, -0.15) is 5.10 Å². The van der Waals surface area contributed by atoms with E-state index in [2.05, 4.69) is 15.1 Å². The molecule has 1 aliphatic heterocycles. The molecule has 0 bridgehead atoms. The molecule has 1 aliphatic rings. The lowest BCUT2D eigenvalue weighted by molar-refractivity contribution is -0.131. The second kappa shape index (κ2) is 5.68. The number of pyridine rings is 1. The van der Waals surface area contributed by atoms with Gasteiger partial charge < -0.3 is 9.64 Å². The molecule has 0 spiro atoms. The number of likely N-dealkylation sites (tertiary alicyclic amines) is 1. The zero-order chi connectivity index (χ0) is 13.8. The Balaban J connectivity index is 1.53. The number of rotatable bonds is 4. The van der Waals surface area contributed by atoms with Crippen LogP contribution >= 0.6 is 0 Å². The van der Waals surface area contributed by atoms with Gasteiger partial charge in [0.05, 0.1) is 6.54 Å². The fourth-order valence-corrected chi connectivity index (χ4v) is 2.19. The monoisotopic (exact) mass is 273 g/mol. The molecule has 3 rings (SSSR count). The number of carbonyl (C=O) groups excluding carboxylic acids is 1. The van der Waals surface area contributed by atoms with Crippen LogP contribution in [0.2, 0.25) is 0 Å². The Bertz CT molecular complexity index is 557. The highest BCUT2D eigenvalue weighted by atomic mass is 16.5. The maximum absolute atomic E-state index is 12.1. The Kier molecular flexibility index (Phi) is 3.58. The summed E-state index contributed by atoms with van der Waals surface area (Å²) in [6.07, 6.45) is 5.47. The smallest absolute Gasteiger partial charge is 0.244 e. The van der Waals surface area contributed by atoms with Crippen molar-refractivity contribution < 1.29 is 9.53 Å². The lowest BCUT2D eigenvalue weighted by atomic mass is 10.3. The summed E-state index contributed by atoms with van der Waals surface area (Å²) in [7, 11) is 0. The predicted octanol–water partition coefficient (Wildman–Crippen LogP) is 0.353. The van der Waals surface area contributed by atoms with E-state index >= 15 is 0 Å². The Hall–Kier alpha value is -2.44. The van der Waals surface area contributed by atoms with Crippen molar-refractivity contribution in [3.63, 3.8) is 0 Å². The lowest BCUT2D eigenvalue weighted by Crippen LogP contribution is -2.33. The maximum Gasteiger partial charge on any atom is 0.244 e. The number of aromatic nitrogens is 4. The third-order valence-corrected chi connectivity index (χ3v) is 3.19. The summed E-state index contributed by atoms with van der Waals surface area (Å²) < 4.78 is 7.27. The fourth-order valence-electron chi connectivity index (χ4n) is 2.19. The molecule has 2 aromatic rings. The molecule has 0 aromatic carbocycles. The van der Waals surface area contributed by atoms with Crippen LogP contribution in [0.15, 0.2) is 37.1 Å². The van der Waals surface area contributed by atoms with Crippen molar-refractivity contribution in [2.75, 3.05) is 13.1 Å². The zero-order valence-corrected chi connectivity index (χ0v) is 10.9. The minimum Gasteiger partial charge on any atom is -0.472 e. The summed E-state index contributed by atoms with van der Waals surface area (Å²) >= 11 is 0. The summed E-state index contributed by atoms with van der Waals surface area (Å²) in [5.74, 6) is 0.630. The van der Waals surface area contributed by atoms with Crippen molar-refractivity contribution in [3.05, 3.63) is 37.1 Å². The molecule has 0 aliphatic carbocycles. The van der Waals surface area contributed by atoms with Crippen LogP contribution in [0.5, 0.6) is 5.88 Å². The van der Waals surface area contributed by atoms with E-state index in [9.17, 15) is 4.79 Å². The van der Waals surface area contributed by atoms with Gasteiger partial charge in [-0.15, -0.1) is 0 Å². The zero-order valence-electron chi connectivity index (χ0n) is 10.9. The van der Waals surface area contributed by atoms with Gasteiger partial charge in [0.25, 0.3) is 0 Å². The van der Waals surface area contributed by atoms with Gasteiger partial charge in [-0.1, -0.05) is 6.07 Å². The second-order valence-electron chi connectivity index (χ2n) is 4.63. The Morgan fingerprint density at radius 1 is 1.45 bits per heavy atom. The largest absolute Gasteiger partial charge is 0.472 e. The van der Waals surface area contributed by atoms with E-state index in [0.717, 1.165) is 6.42 Å². The first-order valence-corrected chi connectivity index (χ1v) is 6.49. The SMILES string of the molecule is O=C(Cn1cncn1)N1CCC(Oc2ccccn2)C1. The van der Waals surface area contributed by atoms with Crippen molar-refractivity contribution >= 4 is 5.91 Å². The van der Waals surface area contributed by atoms with Gasteiger partial charge in [0.2, 0.25) is 11.8 Å². The third-order valence-electron chi connectivity index (χ3n) is 3.19. The number of carbonyl (C=O) groups is 1. The first kappa shape index (κ1) is 12.6. The summed E-state index contributed by atoms with van der Waals surface area (Å²) in [4.78, 5) is 21.8. The van der Waals surface area contributed by atoms with E-state index in [4.69, 9.17) is 4.74 Å². The summed E-state index contributed by atoms with van der Waals surface area (Å²) in [6, 6.07) is 5.54. The summed E-state index contributed by atoms with van der Waals surface area (Å²) in [6.45, 7) is 1.51. The molecule has 1 fully saturated rings. The normalized spacial score (nSPS) is 18.2. The standard InChI is InChI=1S/C13H15N5O2/c19-13(8-18-10-14-9-16-18)17-6-4-11(7-17)20-12-3-1-2-5-15-12/h1-3,5,9-11H,4,6-8H2. The van der Waals surface area contributed by atoms with Crippen molar-refractivity contribution in [2.45, 2.75) is 19.1 Å². The molecular weight excluding hydrogens is 258 g/mol. The minimum atomic E-state index is 0.00426. The Morgan fingerprint density at radius 3 is 3.15 bits per heavy atom. The van der Waals surface area contributed by atoms with Gasteiger partial charge in [-0.05, 0) is 6.07 Å². The molecule has 1 unspecified atom stereocenters. The van der Waals surface area contributed by atoms with Crippen LogP contribution in [0.3, 0.4) is 0 Å². The van der Waals surface area contributed by atoms with Crippen LogP contribution in [-0.4, -0.2) is 49.7 Å². The average molecular weight is 273 g/mol. The first-order valence-electron chi connectivity index (χ1n) is 6.49. The molecule has 1 amide bonds. The van der Waals surface area contributed by atoms with Crippen molar-refractivity contribution in [1.29, 1.82) is 0 Å². The Labute approximate surface area is 116 Å². The van der Waals surface area contributed by atoms with Gasteiger partial charge in [0, 0.05) is 25.2 Å². The minimum absolute atomic E-state index is 0.00426. The van der Waals surface area contributed by atoms with Crippen molar-refractivity contribution in [2.24, 2.45) is 0 Å². The quantitative estimate of drug-likeness (QED) is 0.804. The van der Waals surface area contributed by atoms with Crippen molar-refractivity contribution in [1.82, 2.24) is 24.6 Å². The van der Waals surface area contributed by atoms with Crippen LogP contribution < -0.4 is 4.74 Å². The summed E-state index contributed by atoms with van der Waals surface area (Å²) in [5, 5.41) is 3.93. The highest BCUT2D eigenvalue weighted by Gasteiger charge is 2.27. The number of hydrogen-bond donors (Lipinski definition) is 0. The van der Waals surface area contributed by atoms with E-state index in [-0.39, 0.29) is 18.6 Å². The third kappa shape index (κ3) is 2.93. The van der Waals surface area contributed by atoms with Gasteiger partial charge in [0.15, 0.2) is 0 Å². The van der Waals surface area contributed by atoms with Crippen LogP contribution in [0.25, 0.3) is 0 Å². The van der Waals surface area contributed by atoms with Gasteiger partial charge in [-0.3, -0.25) is 4.79 Å². The molecule has 0 N–H and O–H groups in total. The van der Waals surface area contributed by atoms with E-state index in [1.165, 1.54) is 17.3 Å². The average Bonchev–Trinajstić information content (AvgIpc) is 3.11. The van der Waals surface area contributed by atoms with Gasteiger partial charge >= 0.3 is 0 Å². The second-order valence-corrected chi connectivity index (χ2v) is 4.63. The molecule has 0 radical (unpaired) electrons. The number of amides is 1. The van der Waals surface area contributed by atoms with Gasteiger partial charge in [-0.25, -0.2) is 14.6 Å². The molecule has 0 saturated carbocycles. The Morgan fingerprint density at radius 2 is 2.40 bits per heavy atom. The molecule has 20 heavy (non-hydrogen) atoms. The molecule has 1 atom stereocenters. The number of hydrogen-bond acceptors (Lipinski definition) is 5. The molecule has 104 valence electrons. The van der Waals surface area contributed by atoms with E-state index in [1.807, 2.05) is 18.2 Å². The van der Waals surface area contributed by atoms with E-state index in [1.54, 1.807) is 11.1 Å². The number of nitrogens with zero attached hydrogens (tertiary/aromatic N) is 5. The fraction of sp³-hybridized carbons (Fsp3) is 0.385. The molecule has 2 aromatic heterocycles. The van der Waals surface area contributed by atoms with Crippen LogP contribution in [0.4, 0.5) is 0 Å². The molecule has 3 heterocycles. The van der Waals surface area contributed by atoms with Crippen LogP contribution in [-0.2, 0) is 11.3 Å². The van der Waals surface area contributed by atoms with Crippen LogP contribution in [0, 0.1) is 0 Å². The first-order chi connectivity index (χ1) is 9.81. The van der Waals surface area contributed by atoms with Crippen molar-refractivity contribution in [3.8, 4) is 5.88 Å². The topological polar surface area (TPSA) is 73.1 Å². The molecule has 7 nitrogen and oxygen atoms in total. The predicted molar refractivity (Wildman–Crippen MR) is 69.9 cm³/mol. The van der Waals surface area contributed by atoms with E-state index in [0.29, 0.717) is 19.0 Å². The van der Waals surface area contributed by atoms with E-state index < -0.39 is 0 Å². The molecule has 7 heteroatoms. The summed E-state index contributed by atoms with van der Waals surface area (Å²) in [5.41, 5.74) is 0. The maximum atomic E-state index is 12.1. The van der Waals surface area contributed by atoms with Gasteiger partial charge in [0.1, 0.15) is 25.3 Å². The highest BCUT2D eigenvalue weighted by molar-refractivity contribution is 5.76. The highest BCUT2D eigenvalue weighted by Crippen LogP contribution is 2.16. The molecular formula is C13H15N5O2. The lowest BCUT2D eigenvalue weighted by Gasteiger charge is -2.16. The molecule has 1 saturated heterocycles.